The normalized spacial score (nSPS) is 12.5. The monoisotopic (exact) mass is 547 g/mol. The molecule has 1 aromatic heterocycles. The van der Waals surface area contributed by atoms with Gasteiger partial charge in [-0.15, -0.1) is 11.3 Å². The van der Waals surface area contributed by atoms with E-state index in [4.69, 9.17) is 4.84 Å². The summed E-state index contributed by atoms with van der Waals surface area (Å²) in [5, 5.41) is 18.6. The summed E-state index contributed by atoms with van der Waals surface area (Å²) in [5.74, 6) is -1.24. The zero-order chi connectivity index (χ0) is 24.7. The molecule has 0 radical (unpaired) electrons. The molecule has 0 aliphatic carbocycles. The Morgan fingerprint density at radius 1 is 1.00 bits per heavy atom. The highest BCUT2D eigenvalue weighted by Gasteiger charge is 2.37. The van der Waals surface area contributed by atoms with Gasteiger partial charge in [-0.25, -0.2) is 9.78 Å². The molecule has 0 saturated carbocycles. The lowest BCUT2D eigenvalue weighted by molar-refractivity contribution is -0.129. The Bertz CT molecular complexity index is 1210. The van der Waals surface area contributed by atoms with E-state index in [1.807, 2.05) is 54.6 Å². The number of benzene rings is 3. The molecule has 3 aromatic carbocycles. The summed E-state index contributed by atoms with van der Waals surface area (Å²) in [7, 11) is 0. The van der Waals surface area contributed by atoms with E-state index in [0.717, 1.165) is 16.7 Å². The molecule has 4 rings (SSSR count). The van der Waals surface area contributed by atoms with Crippen LogP contribution in [0.4, 0.5) is 5.13 Å². The first kappa shape index (κ1) is 24.4. The number of carboxylic acid groups (broad SMARTS) is 1. The molecule has 0 fully saturated rings. The van der Waals surface area contributed by atoms with E-state index < -0.39 is 16.5 Å². The fourth-order valence-corrected chi connectivity index (χ4v) is 4.56. The van der Waals surface area contributed by atoms with Gasteiger partial charge in [-0.2, -0.15) is 0 Å². The first-order valence-electron chi connectivity index (χ1n) is 10.7. The molecule has 35 heavy (non-hydrogen) atoms. The standard InChI is InChI=1S/C27H22BrN3O3S/c1-2-23(28)34-31-24(25(32)33)22-18-35-26(29-22)30-27(19-12-6-3-7-13-19,20-14-8-4-9-15-20)21-16-10-5-11-17-21/h2-18,23H,1H2,(H,29,30)(H,32,33)/b31-24+. The second-order valence-corrected chi connectivity index (χ2v) is 9.21. The summed E-state index contributed by atoms with van der Waals surface area (Å²) in [5.41, 5.74) is 2.15. The van der Waals surface area contributed by atoms with Crippen molar-refractivity contribution < 1.29 is 14.7 Å². The van der Waals surface area contributed by atoms with Crippen LogP contribution in [0.3, 0.4) is 0 Å². The Morgan fingerprint density at radius 3 is 1.91 bits per heavy atom. The van der Waals surface area contributed by atoms with Gasteiger partial charge < -0.3 is 15.3 Å². The maximum absolute atomic E-state index is 11.9. The van der Waals surface area contributed by atoms with Crippen LogP contribution in [0.15, 0.2) is 114 Å². The highest BCUT2D eigenvalue weighted by Crippen LogP contribution is 2.40. The van der Waals surface area contributed by atoms with Crippen LogP contribution in [0.2, 0.25) is 0 Å². The third-order valence-electron chi connectivity index (χ3n) is 5.29. The molecule has 0 saturated heterocycles. The summed E-state index contributed by atoms with van der Waals surface area (Å²) >= 11 is 4.47. The number of aliphatic carboxylic acids is 1. The number of hydrogen-bond acceptors (Lipinski definition) is 6. The summed E-state index contributed by atoms with van der Waals surface area (Å²) < 4.78 is 0. The van der Waals surface area contributed by atoms with E-state index in [9.17, 15) is 9.90 Å². The van der Waals surface area contributed by atoms with Gasteiger partial charge in [0.2, 0.25) is 5.71 Å². The van der Waals surface area contributed by atoms with Crippen LogP contribution in [0.5, 0.6) is 0 Å². The highest BCUT2D eigenvalue weighted by atomic mass is 79.9. The van der Waals surface area contributed by atoms with Gasteiger partial charge in [-0.1, -0.05) is 103 Å². The first-order valence-corrected chi connectivity index (χ1v) is 12.5. The van der Waals surface area contributed by atoms with Crippen molar-refractivity contribution in [1.82, 2.24) is 4.98 Å². The molecule has 6 nitrogen and oxygen atoms in total. The summed E-state index contributed by atoms with van der Waals surface area (Å²) in [6.45, 7) is 3.57. The summed E-state index contributed by atoms with van der Waals surface area (Å²) in [6, 6.07) is 30.2. The Hall–Kier alpha value is -3.75. The maximum Gasteiger partial charge on any atom is 0.360 e. The number of rotatable bonds is 10. The SMILES string of the molecule is C=CC(Br)O/N=C(/C(=O)O)c1csc(NC(c2ccccc2)(c2ccccc2)c2ccccc2)n1. The molecular weight excluding hydrogens is 526 g/mol. The zero-order valence-electron chi connectivity index (χ0n) is 18.5. The Labute approximate surface area is 215 Å². The van der Waals surface area contributed by atoms with Crippen molar-refractivity contribution in [3.63, 3.8) is 0 Å². The lowest BCUT2D eigenvalue weighted by Crippen LogP contribution is -2.38. The Kier molecular flexibility index (Phi) is 7.74. The number of thiazole rings is 1. The molecule has 0 spiro atoms. The predicted molar refractivity (Wildman–Crippen MR) is 143 cm³/mol. The van der Waals surface area contributed by atoms with Crippen LogP contribution >= 0.6 is 27.3 Å². The van der Waals surface area contributed by atoms with E-state index in [-0.39, 0.29) is 11.4 Å². The smallest absolute Gasteiger partial charge is 0.360 e. The number of carboxylic acids is 1. The molecule has 176 valence electrons. The lowest BCUT2D eigenvalue weighted by Gasteiger charge is -2.36. The minimum absolute atomic E-state index is 0.192. The topological polar surface area (TPSA) is 83.8 Å². The molecular formula is C27H22BrN3O3S. The molecule has 4 aromatic rings. The third kappa shape index (κ3) is 5.34. The molecule has 8 heteroatoms. The van der Waals surface area contributed by atoms with Gasteiger partial charge in [0.1, 0.15) is 11.2 Å². The largest absolute Gasteiger partial charge is 0.476 e. The molecule has 2 N–H and O–H groups in total. The van der Waals surface area contributed by atoms with E-state index in [0.29, 0.717) is 5.13 Å². The highest BCUT2D eigenvalue weighted by molar-refractivity contribution is 9.09. The summed E-state index contributed by atoms with van der Waals surface area (Å²) in [6.07, 6.45) is 1.45. The molecule has 0 bridgehead atoms. The number of alkyl halides is 1. The van der Waals surface area contributed by atoms with Crippen molar-refractivity contribution in [3.8, 4) is 0 Å². The lowest BCUT2D eigenvalue weighted by atomic mass is 9.77. The van der Waals surface area contributed by atoms with Crippen LogP contribution in [0.1, 0.15) is 22.4 Å². The second kappa shape index (κ2) is 11.1. The third-order valence-corrected chi connectivity index (χ3v) is 6.59. The molecule has 0 aliphatic rings. The number of anilines is 1. The number of hydrogen-bond donors (Lipinski definition) is 2. The molecule has 1 unspecified atom stereocenters. The number of aromatic nitrogens is 1. The van der Waals surface area contributed by atoms with Gasteiger partial charge in [-0.3, -0.25) is 0 Å². The van der Waals surface area contributed by atoms with E-state index >= 15 is 0 Å². The van der Waals surface area contributed by atoms with E-state index in [1.165, 1.54) is 17.4 Å². The first-order chi connectivity index (χ1) is 17.0. The summed E-state index contributed by atoms with van der Waals surface area (Å²) in [4.78, 5) is 21.6. The van der Waals surface area contributed by atoms with Gasteiger partial charge in [0.25, 0.3) is 0 Å². The quantitative estimate of drug-likeness (QED) is 0.0804. The van der Waals surface area contributed by atoms with Crippen molar-refractivity contribution >= 4 is 44.1 Å². The average Bonchev–Trinajstić information content (AvgIpc) is 3.36. The number of carbonyl (C=O) groups is 1. The van der Waals surface area contributed by atoms with Crippen molar-refractivity contribution in [2.75, 3.05) is 5.32 Å². The van der Waals surface area contributed by atoms with Crippen molar-refractivity contribution in [3.05, 3.63) is 131 Å². The predicted octanol–water partition coefficient (Wildman–Crippen LogP) is 6.26. The second-order valence-electron chi connectivity index (χ2n) is 7.45. The van der Waals surface area contributed by atoms with E-state index in [2.05, 4.69) is 74.4 Å². The van der Waals surface area contributed by atoms with Crippen LogP contribution in [-0.4, -0.2) is 26.8 Å². The van der Waals surface area contributed by atoms with Gasteiger partial charge >= 0.3 is 5.97 Å². The Morgan fingerprint density at radius 2 is 1.49 bits per heavy atom. The number of oxime groups is 1. The number of halogens is 1. The number of nitrogens with zero attached hydrogens (tertiary/aromatic N) is 2. The van der Waals surface area contributed by atoms with Gasteiger partial charge in [0, 0.05) is 5.38 Å². The van der Waals surface area contributed by atoms with Crippen molar-refractivity contribution in [2.45, 2.75) is 10.6 Å². The van der Waals surface area contributed by atoms with Gasteiger partial charge in [0.05, 0.1) is 0 Å². The minimum atomic E-state index is -1.24. The maximum atomic E-state index is 11.9. The molecule has 0 amide bonds. The van der Waals surface area contributed by atoms with Crippen LogP contribution < -0.4 is 5.32 Å². The molecule has 1 atom stereocenters. The van der Waals surface area contributed by atoms with Crippen LogP contribution in [0, 0.1) is 0 Å². The average molecular weight is 548 g/mol. The molecule has 0 aliphatic heterocycles. The molecule has 1 heterocycles. The van der Waals surface area contributed by atoms with Gasteiger partial charge in [0.15, 0.2) is 10.1 Å². The fraction of sp³-hybridized carbons (Fsp3) is 0.0741. The Balaban J connectivity index is 1.83. The van der Waals surface area contributed by atoms with Crippen molar-refractivity contribution in [1.29, 1.82) is 0 Å². The van der Waals surface area contributed by atoms with Crippen LogP contribution in [0.25, 0.3) is 0 Å². The minimum Gasteiger partial charge on any atom is -0.476 e. The van der Waals surface area contributed by atoms with Gasteiger partial charge in [-0.05, 0) is 38.7 Å². The number of nitrogens with one attached hydrogen (secondary N) is 1. The fourth-order valence-electron chi connectivity index (χ4n) is 3.72. The van der Waals surface area contributed by atoms with Crippen molar-refractivity contribution in [2.24, 2.45) is 5.16 Å². The zero-order valence-corrected chi connectivity index (χ0v) is 20.9. The van der Waals surface area contributed by atoms with E-state index in [1.54, 1.807) is 5.38 Å². The van der Waals surface area contributed by atoms with Crippen LogP contribution in [-0.2, 0) is 15.2 Å².